The Morgan fingerprint density at radius 2 is 2.08 bits per heavy atom. The molecule has 2 aromatic carbocycles. The molecule has 0 bridgehead atoms. The van der Waals surface area contributed by atoms with Crippen LogP contribution in [0.4, 0.5) is 4.39 Å². The Hall–Kier alpha value is -2.92. The molecule has 4 nitrogen and oxygen atoms in total. The van der Waals surface area contributed by atoms with E-state index in [-0.39, 0.29) is 0 Å². The molecule has 0 amide bonds. The summed E-state index contributed by atoms with van der Waals surface area (Å²) in [5.41, 5.74) is 4.60. The van der Waals surface area contributed by atoms with Crippen LogP contribution >= 0.6 is 0 Å². The molecule has 0 saturated carbocycles. The number of fused-ring (bicyclic) bond motifs is 1. The third-order valence-corrected chi connectivity index (χ3v) is 4.49. The summed E-state index contributed by atoms with van der Waals surface area (Å²) in [7, 11) is 1.50. The van der Waals surface area contributed by atoms with Crippen molar-refractivity contribution in [3.05, 3.63) is 76.7 Å². The molecular weight excluding hydrogens is 319 g/mol. The largest absolute Gasteiger partial charge is 0.497 e. The van der Waals surface area contributed by atoms with Crippen LogP contribution in [0.15, 0.2) is 54.1 Å². The van der Waals surface area contributed by atoms with E-state index >= 15 is 0 Å². The van der Waals surface area contributed by atoms with Gasteiger partial charge in [0.05, 0.1) is 18.5 Å². The van der Waals surface area contributed by atoms with Crippen molar-refractivity contribution in [1.29, 1.82) is 0 Å². The fourth-order valence-electron chi connectivity index (χ4n) is 3.19. The molecule has 1 unspecified atom stereocenters. The van der Waals surface area contributed by atoms with Crippen LogP contribution < -0.4 is 4.74 Å². The zero-order valence-electron chi connectivity index (χ0n) is 13.7. The average molecular weight is 336 g/mol. The molecule has 1 heterocycles. The average Bonchev–Trinajstić information content (AvgIpc) is 3.21. The van der Waals surface area contributed by atoms with Crippen molar-refractivity contribution < 1.29 is 14.2 Å². The van der Waals surface area contributed by atoms with Crippen LogP contribution in [0, 0.1) is 5.82 Å². The topological polar surface area (TPSA) is 58.1 Å². The first-order chi connectivity index (χ1) is 12.2. The third kappa shape index (κ3) is 2.83. The molecule has 3 aromatic rings. The summed E-state index contributed by atoms with van der Waals surface area (Å²) in [6.07, 6.45) is 1.96. The summed E-state index contributed by atoms with van der Waals surface area (Å²) in [5, 5.41) is 17.5. The molecule has 0 aliphatic heterocycles. The second-order valence-corrected chi connectivity index (χ2v) is 6.05. The molecule has 1 aliphatic carbocycles. The molecule has 1 atom stereocenters. The van der Waals surface area contributed by atoms with Gasteiger partial charge in [-0.2, -0.15) is 5.10 Å². The van der Waals surface area contributed by atoms with Crippen molar-refractivity contribution in [1.82, 2.24) is 10.2 Å². The summed E-state index contributed by atoms with van der Waals surface area (Å²) in [6, 6.07) is 14.3. The maximum atomic E-state index is 14.2. The minimum absolute atomic E-state index is 0.390. The van der Waals surface area contributed by atoms with Crippen LogP contribution in [-0.2, 0) is 6.42 Å². The number of benzene rings is 2. The number of hydrogen-bond acceptors (Lipinski definition) is 3. The van der Waals surface area contributed by atoms with Crippen molar-refractivity contribution in [3.8, 4) is 17.0 Å². The van der Waals surface area contributed by atoms with E-state index in [0.717, 1.165) is 22.4 Å². The quantitative estimate of drug-likeness (QED) is 0.763. The summed E-state index contributed by atoms with van der Waals surface area (Å²) < 4.78 is 19.2. The van der Waals surface area contributed by atoms with E-state index in [0.29, 0.717) is 23.4 Å². The number of H-pyrrole nitrogens is 1. The zero-order valence-corrected chi connectivity index (χ0v) is 13.7. The van der Waals surface area contributed by atoms with Gasteiger partial charge >= 0.3 is 0 Å². The van der Waals surface area contributed by atoms with Gasteiger partial charge in [0.15, 0.2) is 0 Å². The molecule has 0 spiro atoms. The lowest BCUT2D eigenvalue weighted by molar-refractivity contribution is 0.222. The monoisotopic (exact) mass is 336 g/mol. The Morgan fingerprint density at radius 3 is 2.84 bits per heavy atom. The Kier molecular flexibility index (Phi) is 3.86. The Morgan fingerprint density at radius 1 is 1.24 bits per heavy atom. The number of aliphatic hydroxyl groups is 1. The van der Waals surface area contributed by atoms with Crippen LogP contribution in [-0.4, -0.2) is 22.4 Å². The molecule has 4 rings (SSSR count). The van der Waals surface area contributed by atoms with Gasteiger partial charge in [0.1, 0.15) is 17.7 Å². The summed E-state index contributed by atoms with van der Waals surface area (Å²) in [6.45, 7) is 0. The number of aromatic nitrogens is 2. The van der Waals surface area contributed by atoms with Crippen LogP contribution in [0.5, 0.6) is 5.75 Å². The highest BCUT2D eigenvalue weighted by molar-refractivity contribution is 5.66. The normalized spacial score (nSPS) is 17.7. The van der Waals surface area contributed by atoms with E-state index in [9.17, 15) is 9.50 Å². The van der Waals surface area contributed by atoms with Gasteiger partial charge in [0, 0.05) is 11.6 Å². The predicted octanol–water partition coefficient (Wildman–Crippen LogP) is 3.90. The molecule has 5 heteroatoms. The number of rotatable bonds is 3. The van der Waals surface area contributed by atoms with Crippen LogP contribution in [0.3, 0.4) is 0 Å². The van der Waals surface area contributed by atoms with Gasteiger partial charge in [-0.05, 0) is 47.4 Å². The standard InChI is InChI=1S/C20H17FN2O2/c1-25-15-6-7-17(18(21)11-15)19-10-14(22-23-19)9-13-8-12-4-2-3-5-16(12)20(13)24/h2-7,9-11,20,24H,8H2,1H3,(H,22,23)/b13-9+. The van der Waals surface area contributed by atoms with Gasteiger partial charge in [0.2, 0.25) is 0 Å². The number of methoxy groups -OCH3 is 1. The van der Waals surface area contributed by atoms with Crippen LogP contribution in [0.1, 0.15) is 22.9 Å². The highest BCUT2D eigenvalue weighted by atomic mass is 19.1. The fraction of sp³-hybridized carbons (Fsp3) is 0.150. The first kappa shape index (κ1) is 15.6. The van der Waals surface area contributed by atoms with E-state index in [2.05, 4.69) is 10.2 Å². The maximum Gasteiger partial charge on any atom is 0.136 e. The number of nitrogens with zero attached hydrogens (tertiary/aromatic N) is 1. The Labute approximate surface area is 144 Å². The van der Waals surface area contributed by atoms with E-state index < -0.39 is 11.9 Å². The molecular formula is C20H17FN2O2. The minimum atomic E-state index is -0.610. The third-order valence-electron chi connectivity index (χ3n) is 4.49. The van der Waals surface area contributed by atoms with Gasteiger partial charge < -0.3 is 9.84 Å². The molecule has 2 N–H and O–H groups in total. The summed E-state index contributed by atoms with van der Waals surface area (Å²) >= 11 is 0. The number of aliphatic hydroxyl groups excluding tert-OH is 1. The number of ether oxygens (including phenoxy) is 1. The summed E-state index contributed by atoms with van der Waals surface area (Å²) in [5.74, 6) is 0.0735. The second kappa shape index (κ2) is 6.18. The zero-order chi connectivity index (χ0) is 17.4. The highest BCUT2D eigenvalue weighted by Crippen LogP contribution is 2.36. The number of aromatic amines is 1. The molecule has 0 saturated heterocycles. The van der Waals surface area contributed by atoms with Crippen molar-refractivity contribution in [2.75, 3.05) is 7.11 Å². The van der Waals surface area contributed by atoms with Crippen LogP contribution in [0.2, 0.25) is 0 Å². The number of hydrogen-bond donors (Lipinski definition) is 2. The highest BCUT2D eigenvalue weighted by Gasteiger charge is 2.24. The first-order valence-corrected chi connectivity index (χ1v) is 8.01. The Balaban J connectivity index is 1.63. The smallest absolute Gasteiger partial charge is 0.136 e. The maximum absolute atomic E-state index is 14.2. The fourth-order valence-corrected chi connectivity index (χ4v) is 3.19. The van der Waals surface area contributed by atoms with E-state index in [4.69, 9.17) is 4.74 Å². The van der Waals surface area contributed by atoms with Gasteiger partial charge in [-0.25, -0.2) is 4.39 Å². The predicted molar refractivity (Wildman–Crippen MR) is 93.6 cm³/mol. The minimum Gasteiger partial charge on any atom is -0.497 e. The summed E-state index contributed by atoms with van der Waals surface area (Å²) in [4.78, 5) is 0. The van der Waals surface area contributed by atoms with Gasteiger partial charge in [-0.3, -0.25) is 5.10 Å². The molecule has 126 valence electrons. The SMILES string of the molecule is COc1ccc(-c2cc(/C=C3\Cc4ccccc4C3O)[nH]n2)c(F)c1. The molecule has 0 fully saturated rings. The van der Waals surface area contributed by atoms with Gasteiger partial charge in [0.25, 0.3) is 0 Å². The lowest BCUT2D eigenvalue weighted by Crippen LogP contribution is -1.93. The van der Waals surface area contributed by atoms with Gasteiger partial charge in [-0.15, -0.1) is 0 Å². The molecule has 25 heavy (non-hydrogen) atoms. The van der Waals surface area contributed by atoms with E-state index in [1.807, 2.05) is 30.3 Å². The van der Waals surface area contributed by atoms with Crippen LogP contribution in [0.25, 0.3) is 17.3 Å². The van der Waals surface area contributed by atoms with Crippen molar-refractivity contribution in [2.24, 2.45) is 0 Å². The molecule has 1 aliphatic rings. The first-order valence-electron chi connectivity index (χ1n) is 8.01. The number of nitrogens with one attached hydrogen (secondary N) is 1. The second-order valence-electron chi connectivity index (χ2n) is 6.05. The number of halogens is 1. The van der Waals surface area contributed by atoms with Gasteiger partial charge in [-0.1, -0.05) is 24.3 Å². The lowest BCUT2D eigenvalue weighted by atomic mass is 10.1. The van der Waals surface area contributed by atoms with Crippen molar-refractivity contribution in [3.63, 3.8) is 0 Å². The lowest BCUT2D eigenvalue weighted by Gasteiger charge is -2.04. The van der Waals surface area contributed by atoms with Crippen molar-refractivity contribution >= 4 is 6.08 Å². The molecule has 1 aromatic heterocycles. The van der Waals surface area contributed by atoms with E-state index in [1.54, 1.807) is 18.2 Å². The molecule has 0 radical (unpaired) electrons. The van der Waals surface area contributed by atoms with Crippen molar-refractivity contribution in [2.45, 2.75) is 12.5 Å². The Bertz CT molecular complexity index is 962. The van der Waals surface area contributed by atoms with E-state index in [1.165, 1.54) is 13.2 Å².